The predicted molar refractivity (Wildman–Crippen MR) is 101 cm³/mol. The van der Waals surface area contributed by atoms with Crippen LogP contribution in [-0.2, 0) is 6.54 Å². The number of hydrogen-bond acceptors (Lipinski definition) is 4. The van der Waals surface area contributed by atoms with Gasteiger partial charge in [-0.3, -0.25) is 9.36 Å². The summed E-state index contributed by atoms with van der Waals surface area (Å²) in [6.07, 6.45) is 1.58. The van der Waals surface area contributed by atoms with Gasteiger partial charge in [0.05, 0.1) is 18.2 Å². The number of furan rings is 1. The lowest BCUT2D eigenvalue weighted by Crippen LogP contribution is -2.26. The van der Waals surface area contributed by atoms with Crippen molar-refractivity contribution in [3.05, 3.63) is 75.6 Å². The first-order valence-corrected chi connectivity index (χ1v) is 9.23. The zero-order valence-electron chi connectivity index (χ0n) is 14.4. The van der Waals surface area contributed by atoms with E-state index in [0.717, 1.165) is 11.1 Å². The van der Waals surface area contributed by atoms with Gasteiger partial charge in [-0.1, -0.05) is 26.0 Å². The van der Waals surface area contributed by atoms with Gasteiger partial charge in [0.25, 0.3) is 5.56 Å². The first-order chi connectivity index (χ1) is 12.5. The van der Waals surface area contributed by atoms with Crippen LogP contribution >= 0.6 is 11.3 Å². The number of aromatic nitrogens is 2. The summed E-state index contributed by atoms with van der Waals surface area (Å²) >= 11 is 1.43. The van der Waals surface area contributed by atoms with E-state index in [0.29, 0.717) is 21.8 Å². The van der Waals surface area contributed by atoms with Gasteiger partial charge in [-0.05, 0) is 29.8 Å². The average Bonchev–Trinajstić information content (AvgIpc) is 3.26. The Balaban J connectivity index is 1.95. The fourth-order valence-electron chi connectivity index (χ4n) is 3.06. The van der Waals surface area contributed by atoms with E-state index in [1.165, 1.54) is 23.5 Å². The molecule has 0 aliphatic carbocycles. The van der Waals surface area contributed by atoms with Crippen LogP contribution in [0, 0.1) is 5.82 Å². The Morgan fingerprint density at radius 3 is 2.81 bits per heavy atom. The van der Waals surface area contributed by atoms with E-state index in [-0.39, 0.29) is 23.8 Å². The van der Waals surface area contributed by atoms with Crippen molar-refractivity contribution in [2.45, 2.75) is 26.3 Å². The standard InChI is InChI=1S/C20H17FN2O2S/c1-12(2)18-22-19-17(15(11-26-19)16-7-4-8-25-16)20(24)23(18)10-13-5-3-6-14(21)9-13/h3-9,11-12H,10H2,1-2H3. The van der Waals surface area contributed by atoms with Gasteiger partial charge in [0.15, 0.2) is 0 Å². The molecule has 3 heterocycles. The number of nitrogens with zero attached hydrogens (tertiary/aromatic N) is 2. The fourth-order valence-corrected chi connectivity index (χ4v) is 3.99. The number of fused-ring (bicyclic) bond motifs is 1. The third-order valence-corrected chi connectivity index (χ3v) is 5.13. The van der Waals surface area contributed by atoms with Crippen molar-refractivity contribution in [3.63, 3.8) is 0 Å². The molecule has 0 spiro atoms. The van der Waals surface area contributed by atoms with Gasteiger partial charge >= 0.3 is 0 Å². The van der Waals surface area contributed by atoms with Crippen molar-refractivity contribution in [2.24, 2.45) is 0 Å². The van der Waals surface area contributed by atoms with Crippen LogP contribution in [-0.4, -0.2) is 9.55 Å². The van der Waals surface area contributed by atoms with Crippen LogP contribution in [0.4, 0.5) is 4.39 Å². The molecule has 1 aromatic carbocycles. The molecular weight excluding hydrogens is 351 g/mol. The highest BCUT2D eigenvalue weighted by atomic mass is 32.1. The van der Waals surface area contributed by atoms with Gasteiger partial charge in [-0.2, -0.15) is 0 Å². The Bertz CT molecular complexity index is 1130. The molecule has 26 heavy (non-hydrogen) atoms. The Hall–Kier alpha value is -2.73. The minimum atomic E-state index is -0.317. The van der Waals surface area contributed by atoms with Gasteiger partial charge in [0, 0.05) is 16.9 Å². The number of benzene rings is 1. The van der Waals surface area contributed by atoms with Crippen molar-refractivity contribution in [2.75, 3.05) is 0 Å². The number of thiophene rings is 1. The molecule has 0 aliphatic rings. The topological polar surface area (TPSA) is 48.0 Å². The van der Waals surface area contributed by atoms with E-state index in [1.54, 1.807) is 23.0 Å². The van der Waals surface area contributed by atoms with E-state index in [4.69, 9.17) is 9.40 Å². The fraction of sp³-hybridized carbons (Fsp3) is 0.200. The Labute approximate surface area is 153 Å². The summed E-state index contributed by atoms with van der Waals surface area (Å²) in [6.45, 7) is 4.27. The first kappa shape index (κ1) is 16.7. The lowest BCUT2D eigenvalue weighted by atomic mass is 10.1. The zero-order valence-corrected chi connectivity index (χ0v) is 15.2. The summed E-state index contributed by atoms with van der Waals surface area (Å²) in [5.74, 6) is 1.08. The highest BCUT2D eigenvalue weighted by Gasteiger charge is 2.19. The normalized spacial score (nSPS) is 11.5. The molecule has 4 aromatic rings. The van der Waals surface area contributed by atoms with Crippen molar-refractivity contribution in [1.82, 2.24) is 9.55 Å². The van der Waals surface area contributed by atoms with Crippen molar-refractivity contribution >= 4 is 21.6 Å². The monoisotopic (exact) mass is 368 g/mol. The van der Waals surface area contributed by atoms with Gasteiger partial charge in [-0.15, -0.1) is 11.3 Å². The number of hydrogen-bond donors (Lipinski definition) is 0. The summed E-state index contributed by atoms with van der Waals surface area (Å²) in [7, 11) is 0. The second-order valence-electron chi connectivity index (χ2n) is 6.45. The molecule has 0 N–H and O–H groups in total. The minimum Gasteiger partial charge on any atom is -0.464 e. The summed E-state index contributed by atoms with van der Waals surface area (Å²) < 4.78 is 20.7. The van der Waals surface area contributed by atoms with Crippen LogP contribution in [0.15, 0.2) is 57.3 Å². The Morgan fingerprint density at radius 1 is 1.27 bits per heavy atom. The van der Waals surface area contributed by atoms with Gasteiger partial charge < -0.3 is 4.42 Å². The van der Waals surface area contributed by atoms with Crippen molar-refractivity contribution in [3.8, 4) is 11.3 Å². The van der Waals surface area contributed by atoms with E-state index in [9.17, 15) is 9.18 Å². The quantitative estimate of drug-likeness (QED) is 0.508. The van der Waals surface area contributed by atoms with E-state index in [1.807, 2.05) is 31.4 Å². The summed E-state index contributed by atoms with van der Waals surface area (Å²) in [4.78, 5) is 18.7. The average molecular weight is 368 g/mol. The van der Waals surface area contributed by atoms with Gasteiger partial charge in [0.1, 0.15) is 22.2 Å². The maximum absolute atomic E-state index is 13.6. The molecule has 0 amide bonds. The molecule has 4 rings (SSSR count). The molecule has 0 atom stereocenters. The molecule has 0 saturated carbocycles. The largest absolute Gasteiger partial charge is 0.464 e. The van der Waals surface area contributed by atoms with Crippen LogP contribution in [0.3, 0.4) is 0 Å². The van der Waals surface area contributed by atoms with E-state index < -0.39 is 0 Å². The summed E-state index contributed by atoms with van der Waals surface area (Å²) in [6, 6.07) is 9.92. The second-order valence-corrected chi connectivity index (χ2v) is 7.31. The van der Waals surface area contributed by atoms with Gasteiger partial charge in [0.2, 0.25) is 0 Å². The van der Waals surface area contributed by atoms with E-state index >= 15 is 0 Å². The third kappa shape index (κ3) is 2.86. The summed E-state index contributed by atoms with van der Waals surface area (Å²) in [5, 5.41) is 2.44. The molecule has 0 bridgehead atoms. The van der Waals surface area contributed by atoms with Crippen molar-refractivity contribution in [1.29, 1.82) is 0 Å². The van der Waals surface area contributed by atoms with Crippen LogP contribution in [0.2, 0.25) is 0 Å². The highest BCUT2D eigenvalue weighted by molar-refractivity contribution is 7.17. The van der Waals surface area contributed by atoms with Crippen LogP contribution < -0.4 is 5.56 Å². The molecule has 0 saturated heterocycles. The number of halogens is 1. The Morgan fingerprint density at radius 2 is 2.12 bits per heavy atom. The van der Waals surface area contributed by atoms with Crippen LogP contribution in [0.5, 0.6) is 0 Å². The maximum Gasteiger partial charge on any atom is 0.263 e. The highest BCUT2D eigenvalue weighted by Crippen LogP contribution is 2.32. The molecule has 4 nitrogen and oxygen atoms in total. The molecule has 0 unspecified atom stereocenters. The molecule has 6 heteroatoms. The predicted octanol–water partition coefficient (Wildman–Crippen LogP) is 5.03. The minimum absolute atomic E-state index is 0.0646. The molecule has 0 fully saturated rings. The van der Waals surface area contributed by atoms with E-state index in [2.05, 4.69) is 0 Å². The van der Waals surface area contributed by atoms with Crippen molar-refractivity contribution < 1.29 is 8.81 Å². The SMILES string of the molecule is CC(C)c1nc2scc(-c3ccco3)c2c(=O)n1Cc1cccc(F)c1. The lowest BCUT2D eigenvalue weighted by Gasteiger charge is -2.15. The smallest absolute Gasteiger partial charge is 0.263 e. The zero-order chi connectivity index (χ0) is 18.3. The molecular formula is C20H17FN2O2S. The molecule has 0 radical (unpaired) electrons. The van der Waals surface area contributed by atoms with Crippen LogP contribution in [0.1, 0.15) is 31.2 Å². The maximum atomic E-state index is 13.6. The van der Waals surface area contributed by atoms with Gasteiger partial charge in [-0.25, -0.2) is 9.37 Å². The second kappa shape index (κ2) is 6.53. The summed E-state index contributed by atoms with van der Waals surface area (Å²) in [5.41, 5.74) is 1.34. The van der Waals surface area contributed by atoms with Crippen LogP contribution in [0.25, 0.3) is 21.5 Å². The first-order valence-electron chi connectivity index (χ1n) is 8.35. The lowest BCUT2D eigenvalue weighted by molar-refractivity contribution is 0.583. The molecule has 132 valence electrons. The number of rotatable bonds is 4. The molecule has 3 aromatic heterocycles. The molecule has 0 aliphatic heterocycles. The Kier molecular flexibility index (Phi) is 4.20. The third-order valence-electron chi connectivity index (χ3n) is 4.26.